The Bertz CT molecular complexity index is 440. The number of benzene rings is 1. The molecule has 0 saturated heterocycles. The minimum absolute atomic E-state index is 0. The standard InChI is InChI=1S/C16H28N4O.HI/c1-5-17-16(18-11-12-20(3)6-2)19-13-14-9-7-8-10-15(14)21-4;/h7-10H,5-6,11-13H2,1-4H3,(H2,17,18,19);1H. The second kappa shape index (κ2) is 12.5. The predicted octanol–water partition coefficient (Wildman–Crippen LogP) is 2.32. The lowest BCUT2D eigenvalue weighted by atomic mass is 10.2. The second-order valence-electron chi connectivity index (χ2n) is 4.83. The summed E-state index contributed by atoms with van der Waals surface area (Å²) in [4.78, 5) is 6.87. The van der Waals surface area contributed by atoms with Crippen molar-refractivity contribution in [1.82, 2.24) is 15.5 Å². The van der Waals surface area contributed by atoms with Crippen LogP contribution in [0.2, 0.25) is 0 Å². The van der Waals surface area contributed by atoms with Crippen molar-refractivity contribution in [1.29, 1.82) is 0 Å². The first-order chi connectivity index (χ1) is 10.2. The van der Waals surface area contributed by atoms with Gasteiger partial charge in [0.15, 0.2) is 5.96 Å². The van der Waals surface area contributed by atoms with Crippen molar-refractivity contribution < 1.29 is 4.74 Å². The van der Waals surface area contributed by atoms with Gasteiger partial charge in [-0.1, -0.05) is 25.1 Å². The zero-order chi connectivity index (χ0) is 15.5. The smallest absolute Gasteiger partial charge is 0.191 e. The number of likely N-dealkylation sites (N-methyl/N-ethyl adjacent to an activating group) is 1. The van der Waals surface area contributed by atoms with Gasteiger partial charge in [0, 0.05) is 25.2 Å². The number of halogens is 1. The Balaban J connectivity index is 0.00000441. The monoisotopic (exact) mass is 420 g/mol. The van der Waals surface area contributed by atoms with Gasteiger partial charge in [-0.15, -0.1) is 24.0 Å². The molecule has 126 valence electrons. The average Bonchev–Trinajstić information content (AvgIpc) is 2.52. The molecular formula is C16H29IN4O. The highest BCUT2D eigenvalue weighted by molar-refractivity contribution is 14.0. The summed E-state index contributed by atoms with van der Waals surface area (Å²) in [5, 5.41) is 6.61. The van der Waals surface area contributed by atoms with E-state index in [0.717, 1.165) is 43.5 Å². The van der Waals surface area contributed by atoms with E-state index in [1.807, 2.05) is 24.3 Å². The highest BCUT2D eigenvalue weighted by Gasteiger charge is 2.02. The van der Waals surface area contributed by atoms with Crippen molar-refractivity contribution >= 4 is 29.9 Å². The van der Waals surface area contributed by atoms with Gasteiger partial charge < -0.3 is 20.3 Å². The Morgan fingerprint density at radius 2 is 1.95 bits per heavy atom. The maximum absolute atomic E-state index is 5.35. The van der Waals surface area contributed by atoms with E-state index in [0.29, 0.717) is 6.54 Å². The van der Waals surface area contributed by atoms with Crippen LogP contribution < -0.4 is 15.4 Å². The van der Waals surface area contributed by atoms with E-state index in [4.69, 9.17) is 4.74 Å². The summed E-state index contributed by atoms with van der Waals surface area (Å²) >= 11 is 0. The fraction of sp³-hybridized carbons (Fsp3) is 0.562. The van der Waals surface area contributed by atoms with Crippen LogP contribution in [-0.2, 0) is 6.54 Å². The van der Waals surface area contributed by atoms with Crippen LogP contribution in [0.1, 0.15) is 19.4 Å². The van der Waals surface area contributed by atoms with Gasteiger partial charge in [0.05, 0.1) is 13.7 Å². The van der Waals surface area contributed by atoms with Crippen LogP contribution in [0.25, 0.3) is 0 Å². The first kappa shape index (κ1) is 21.0. The lowest BCUT2D eigenvalue weighted by Crippen LogP contribution is -2.40. The quantitative estimate of drug-likeness (QED) is 0.385. The molecule has 5 nitrogen and oxygen atoms in total. The lowest BCUT2D eigenvalue weighted by Gasteiger charge is -2.16. The molecule has 0 bridgehead atoms. The molecule has 0 atom stereocenters. The van der Waals surface area contributed by atoms with Gasteiger partial charge in [0.25, 0.3) is 0 Å². The topological polar surface area (TPSA) is 48.9 Å². The van der Waals surface area contributed by atoms with Crippen molar-refractivity contribution in [3.05, 3.63) is 29.8 Å². The summed E-state index contributed by atoms with van der Waals surface area (Å²) in [6.07, 6.45) is 0. The third-order valence-electron chi connectivity index (χ3n) is 3.27. The van der Waals surface area contributed by atoms with E-state index in [9.17, 15) is 0 Å². The third-order valence-corrected chi connectivity index (χ3v) is 3.27. The van der Waals surface area contributed by atoms with Crippen LogP contribution in [0.5, 0.6) is 5.75 Å². The minimum Gasteiger partial charge on any atom is -0.496 e. The molecule has 0 heterocycles. The van der Waals surface area contributed by atoms with Crippen molar-refractivity contribution in [2.24, 2.45) is 4.99 Å². The first-order valence-corrected chi connectivity index (χ1v) is 7.53. The Morgan fingerprint density at radius 3 is 2.59 bits per heavy atom. The van der Waals surface area contributed by atoms with E-state index >= 15 is 0 Å². The number of guanidine groups is 1. The third kappa shape index (κ3) is 7.84. The fourth-order valence-corrected chi connectivity index (χ4v) is 1.86. The van der Waals surface area contributed by atoms with E-state index in [1.165, 1.54) is 0 Å². The van der Waals surface area contributed by atoms with Crippen molar-refractivity contribution in [2.45, 2.75) is 20.4 Å². The minimum atomic E-state index is 0. The molecule has 1 aromatic rings. The van der Waals surface area contributed by atoms with Crippen molar-refractivity contribution in [3.63, 3.8) is 0 Å². The molecule has 0 aromatic heterocycles. The average molecular weight is 420 g/mol. The van der Waals surface area contributed by atoms with Crippen molar-refractivity contribution in [2.75, 3.05) is 40.3 Å². The van der Waals surface area contributed by atoms with Gasteiger partial charge in [0.1, 0.15) is 5.75 Å². The van der Waals surface area contributed by atoms with Crippen LogP contribution in [0.3, 0.4) is 0 Å². The molecule has 0 spiro atoms. The summed E-state index contributed by atoms with van der Waals surface area (Å²) < 4.78 is 5.35. The van der Waals surface area contributed by atoms with E-state index in [-0.39, 0.29) is 24.0 Å². The number of hydrogen-bond acceptors (Lipinski definition) is 3. The molecular weight excluding hydrogens is 391 g/mol. The number of ether oxygens (including phenoxy) is 1. The molecule has 6 heteroatoms. The molecule has 0 saturated carbocycles. The maximum Gasteiger partial charge on any atom is 0.191 e. The van der Waals surface area contributed by atoms with Crippen LogP contribution in [0.4, 0.5) is 0 Å². The summed E-state index contributed by atoms with van der Waals surface area (Å²) in [6.45, 7) is 8.60. The number of methoxy groups -OCH3 is 1. The molecule has 0 radical (unpaired) electrons. The Kier molecular flexibility index (Phi) is 11.9. The van der Waals surface area contributed by atoms with Gasteiger partial charge in [0.2, 0.25) is 0 Å². The summed E-state index contributed by atoms with van der Waals surface area (Å²) in [5.41, 5.74) is 1.09. The van der Waals surface area contributed by atoms with Gasteiger partial charge in [-0.05, 0) is 26.6 Å². The molecule has 1 rings (SSSR count). The highest BCUT2D eigenvalue weighted by Crippen LogP contribution is 2.17. The molecule has 0 aliphatic rings. The molecule has 0 aliphatic heterocycles. The van der Waals surface area contributed by atoms with Crippen LogP contribution >= 0.6 is 24.0 Å². The van der Waals surface area contributed by atoms with Gasteiger partial charge in [-0.3, -0.25) is 0 Å². The SMILES string of the molecule is CCNC(=NCc1ccccc1OC)NCCN(C)CC.I. The highest BCUT2D eigenvalue weighted by atomic mass is 127. The number of rotatable bonds is 8. The zero-order valence-electron chi connectivity index (χ0n) is 14.1. The van der Waals surface area contributed by atoms with Crippen LogP contribution in [0, 0.1) is 0 Å². The Labute approximate surface area is 151 Å². The number of para-hydroxylation sites is 1. The molecule has 1 aromatic carbocycles. The summed E-state index contributed by atoms with van der Waals surface area (Å²) in [5.74, 6) is 1.72. The predicted molar refractivity (Wildman–Crippen MR) is 104 cm³/mol. The maximum atomic E-state index is 5.35. The Hall–Kier alpha value is -1.02. The lowest BCUT2D eigenvalue weighted by molar-refractivity contribution is 0.357. The van der Waals surface area contributed by atoms with E-state index < -0.39 is 0 Å². The first-order valence-electron chi connectivity index (χ1n) is 7.53. The summed E-state index contributed by atoms with van der Waals surface area (Å²) in [7, 11) is 3.80. The normalized spacial score (nSPS) is 11.0. The Morgan fingerprint density at radius 1 is 1.23 bits per heavy atom. The largest absolute Gasteiger partial charge is 0.496 e. The van der Waals surface area contributed by atoms with Gasteiger partial charge >= 0.3 is 0 Å². The van der Waals surface area contributed by atoms with Crippen molar-refractivity contribution in [3.8, 4) is 5.75 Å². The molecule has 0 unspecified atom stereocenters. The molecule has 0 fully saturated rings. The fourth-order valence-electron chi connectivity index (χ4n) is 1.86. The second-order valence-corrected chi connectivity index (χ2v) is 4.83. The number of nitrogens with one attached hydrogen (secondary N) is 2. The zero-order valence-corrected chi connectivity index (χ0v) is 16.4. The molecule has 0 amide bonds. The van der Waals surface area contributed by atoms with E-state index in [2.05, 4.69) is 41.4 Å². The molecule has 0 aliphatic carbocycles. The number of nitrogens with zero attached hydrogens (tertiary/aromatic N) is 2. The molecule has 22 heavy (non-hydrogen) atoms. The van der Waals surface area contributed by atoms with Crippen LogP contribution in [0.15, 0.2) is 29.3 Å². The van der Waals surface area contributed by atoms with Gasteiger partial charge in [-0.25, -0.2) is 4.99 Å². The van der Waals surface area contributed by atoms with E-state index in [1.54, 1.807) is 7.11 Å². The number of hydrogen-bond donors (Lipinski definition) is 2. The van der Waals surface area contributed by atoms with Gasteiger partial charge in [-0.2, -0.15) is 0 Å². The summed E-state index contributed by atoms with van der Waals surface area (Å²) in [6, 6.07) is 7.97. The molecule has 2 N–H and O–H groups in total. The van der Waals surface area contributed by atoms with Crippen LogP contribution in [-0.4, -0.2) is 51.2 Å². The number of aliphatic imine (C=N–C) groups is 1.